The second kappa shape index (κ2) is 12.2. The van der Waals surface area contributed by atoms with Crippen LogP contribution in [-0.4, -0.2) is 63.2 Å². The van der Waals surface area contributed by atoms with E-state index in [1.165, 1.54) is 11.9 Å². The zero-order valence-corrected chi connectivity index (χ0v) is 19.1. The molecule has 1 saturated heterocycles. The molecule has 29 heavy (non-hydrogen) atoms. The van der Waals surface area contributed by atoms with Crippen molar-refractivity contribution >= 4 is 41.5 Å². The highest BCUT2D eigenvalue weighted by Gasteiger charge is 2.28. The quantitative estimate of drug-likeness (QED) is 0.236. The van der Waals surface area contributed by atoms with Crippen LogP contribution < -0.4 is 15.5 Å². The monoisotopic (exact) mass is 527 g/mol. The van der Waals surface area contributed by atoms with Crippen LogP contribution in [0.1, 0.15) is 24.8 Å². The van der Waals surface area contributed by atoms with Crippen LogP contribution in [0, 0.1) is 0 Å². The topological polar surface area (TPSA) is 60.0 Å². The highest BCUT2D eigenvalue weighted by Crippen LogP contribution is 2.21. The van der Waals surface area contributed by atoms with Crippen molar-refractivity contribution in [3.8, 4) is 0 Å². The first-order chi connectivity index (χ1) is 13.3. The Morgan fingerprint density at radius 1 is 1.24 bits per heavy atom. The first kappa shape index (κ1) is 25.5. The highest BCUT2D eigenvalue weighted by molar-refractivity contribution is 14.0. The summed E-state index contributed by atoms with van der Waals surface area (Å²) in [5.41, 5.74) is 1.96. The Balaban J connectivity index is 0.00000420. The number of amides is 1. The average Bonchev–Trinajstić information content (AvgIpc) is 3.06. The summed E-state index contributed by atoms with van der Waals surface area (Å²) in [5, 5.41) is 6.27. The molecule has 0 spiro atoms. The van der Waals surface area contributed by atoms with Crippen molar-refractivity contribution in [3.05, 3.63) is 29.8 Å². The van der Waals surface area contributed by atoms with Gasteiger partial charge in [0.15, 0.2) is 5.96 Å². The summed E-state index contributed by atoms with van der Waals surface area (Å²) in [7, 11) is 3.10. The third-order valence-electron chi connectivity index (χ3n) is 4.46. The Labute approximate surface area is 186 Å². The minimum absolute atomic E-state index is 0. The zero-order chi connectivity index (χ0) is 20.6. The van der Waals surface area contributed by atoms with E-state index >= 15 is 0 Å². The van der Waals surface area contributed by atoms with Gasteiger partial charge in [0.1, 0.15) is 0 Å². The molecular formula is C19H29F3IN5O. The molecule has 0 unspecified atom stereocenters. The van der Waals surface area contributed by atoms with Gasteiger partial charge in [-0.3, -0.25) is 14.7 Å². The van der Waals surface area contributed by atoms with Crippen LogP contribution in [0.3, 0.4) is 0 Å². The van der Waals surface area contributed by atoms with Crippen LogP contribution >= 0.6 is 24.0 Å². The van der Waals surface area contributed by atoms with Gasteiger partial charge in [-0.05, 0) is 44.1 Å². The normalized spacial score (nSPS) is 14.9. The van der Waals surface area contributed by atoms with E-state index < -0.39 is 12.7 Å². The molecule has 0 aliphatic carbocycles. The van der Waals surface area contributed by atoms with Crippen LogP contribution in [0.15, 0.2) is 29.3 Å². The number of halogens is 4. The van der Waals surface area contributed by atoms with Gasteiger partial charge in [-0.1, -0.05) is 12.1 Å². The van der Waals surface area contributed by atoms with Gasteiger partial charge < -0.3 is 15.5 Å². The molecule has 1 amide bonds. The van der Waals surface area contributed by atoms with E-state index in [4.69, 9.17) is 0 Å². The number of carbonyl (C=O) groups is 1. The molecule has 1 fully saturated rings. The first-order valence-electron chi connectivity index (χ1n) is 9.37. The molecule has 1 aromatic rings. The lowest BCUT2D eigenvalue weighted by Gasteiger charge is -2.19. The largest absolute Gasteiger partial charge is 0.401 e. The minimum Gasteiger partial charge on any atom is -0.356 e. The van der Waals surface area contributed by atoms with Crippen molar-refractivity contribution in [2.75, 3.05) is 45.2 Å². The molecular weight excluding hydrogens is 498 g/mol. The minimum atomic E-state index is -4.17. The van der Waals surface area contributed by atoms with Gasteiger partial charge in [-0.15, -0.1) is 24.0 Å². The van der Waals surface area contributed by atoms with Crippen molar-refractivity contribution in [2.45, 2.75) is 32.0 Å². The summed E-state index contributed by atoms with van der Waals surface area (Å²) < 4.78 is 36.9. The number of anilines is 1. The number of benzene rings is 1. The number of nitrogens with one attached hydrogen (secondary N) is 2. The molecule has 1 aliphatic rings. The Morgan fingerprint density at radius 3 is 2.48 bits per heavy atom. The molecule has 10 heteroatoms. The molecule has 0 bridgehead atoms. The van der Waals surface area contributed by atoms with Crippen LogP contribution in [-0.2, 0) is 11.3 Å². The molecule has 0 saturated carbocycles. The van der Waals surface area contributed by atoms with Crippen LogP contribution in [0.4, 0.5) is 18.9 Å². The third-order valence-corrected chi connectivity index (χ3v) is 4.46. The zero-order valence-electron chi connectivity index (χ0n) is 16.8. The number of alkyl halides is 3. The van der Waals surface area contributed by atoms with E-state index in [2.05, 4.69) is 15.6 Å². The Morgan fingerprint density at radius 2 is 1.93 bits per heavy atom. The summed E-state index contributed by atoms with van der Waals surface area (Å²) in [6.45, 7) is 1.30. The summed E-state index contributed by atoms with van der Waals surface area (Å²) in [5.74, 6) is 0.758. The second-order valence-corrected chi connectivity index (χ2v) is 6.87. The van der Waals surface area contributed by atoms with E-state index in [1.54, 1.807) is 11.9 Å². The van der Waals surface area contributed by atoms with Crippen molar-refractivity contribution in [1.29, 1.82) is 0 Å². The maximum absolute atomic E-state index is 12.3. The number of guanidine groups is 1. The summed E-state index contributed by atoms with van der Waals surface area (Å²) in [4.78, 5) is 19.0. The number of nitrogens with zero attached hydrogens (tertiary/aromatic N) is 3. The van der Waals surface area contributed by atoms with E-state index in [0.717, 1.165) is 24.2 Å². The Kier molecular flexibility index (Phi) is 10.7. The van der Waals surface area contributed by atoms with Gasteiger partial charge in [-0.25, -0.2) is 0 Å². The van der Waals surface area contributed by atoms with E-state index in [1.807, 2.05) is 24.3 Å². The second-order valence-electron chi connectivity index (χ2n) is 6.87. The molecule has 164 valence electrons. The number of rotatable bonds is 8. The van der Waals surface area contributed by atoms with Gasteiger partial charge in [0, 0.05) is 38.8 Å². The number of aliphatic imine (C=N–C) groups is 1. The van der Waals surface area contributed by atoms with E-state index in [-0.39, 0.29) is 29.9 Å². The molecule has 6 nitrogen and oxygen atoms in total. The smallest absolute Gasteiger partial charge is 0.356 e. The van der Waals surface area contributed by atoms with Gasteiger partial charge in [-0.2, -0.15) is 13.2 Å². The van der Waals surface area contributed by atoms with Crippen LogP contribution in [0.25, 0.3) is 0 Å². The van der Waals surface area contributed by atoms with Crippen molar-refractivity contribution in [2.24, 2.45) is 4.99 Å². The van der Waals surface area contributed by atoms with Crippen molar-refractivity contribution in [1.82, 2.24) is 15.5 Å². The fraction of sp³-hybridized carbons (Fsp3) is 0.579. The molecule has 1 aromatic carbocycles. The Bertz CT molecular complexity index is 667. The number of carbonyl (C=O) groups excluding carboxylic acids is 1. The average molecular weight is 527 g/mol. The molecule has 0 atom stereocenters. The Hall–Kier alpha value is -1.56. The fourth-order valence-corrected chi connectivity index (χ4v) is 3.06. The standard InChI is InChI=1S/C19H28F3N5O.HI/c1-23-18(24-10-4-11-26(2)14-19(20,21)22)25-13-15-6-8-16(9-7-15)27-12-3-5-17(27)28;/h6-9H,3-5,10-14H2,1-2H3,(H2,23,24,25);1H. The SMILES string of the molecule is CN=C(NCCCN(C)CC(F)(F)F)NCc1ccc(N2CCCC2=O)cc1.I. The van der Waals surface area contributed by atoms with Crippen LogP contribution in [0.2, 0.25) is 0 Å². The summed E-state index contributed by atoms with van der Waals surface area (Å²) in [6, 6.07) is 7.81. The lowest BCUT2D eigenvalue weighted by Crippen LogP contribution is -2.39. The summed E-state index contributed by atoms with van der Waals surface area (Å²) >= 11 is 0. The maximum atomic E-state index is 12.3. The van der Waals surface area contributed by atoms with Gasteiger partial charge in [0.25, 0.3) is 0 Å². The lowest BCUT2D eigenvalue weighted by molar-refractivity contribution is -0.143. The molecule has 2 N–H and O–H groups in total. The number of hydrogen-bond acceptors (Lipinski definition) is 3. The fourth-order valence-electron chi connectivity index (χ4n) is 3.06. The predicted molar refractivity (Wildman–Crippen MR) is 120 cm³/mol. The molecule has 2 rings (SSSR count). The summed E-state index contributed by atoms with van der Waals surface area (Å²) in [6.07, 6.45) is -2.09. The maximum Gasteiger partial charge on any atom is 0.401 e. The highest BCUT2D eigenvalue weighted by atomic mass is 127. The van der Waals surface area contributed by atoms with E-state index in [9.17, 15) is 18.0 Å². The molecule has 1 aliphatic heterocycles. The molecule has 1 heterocycles. The van der Waals surface area contributed by atoms with Gasteiger partial charge in [0.2, 0.25) is 5.91 Å². The van der Waals surface area contributed by atoms with Gasteiger partial charge >= 0.3 is 6.18 Å². The first-order valence-corrected chi connectivity index (χ1v) is 9.37. The van der Waals surface area contributed by atoms with Crippen LogP contribution in [0.5, 0.6) is 0 Å². The van der Waals surface area contributed by atoms with E-state index in [0.29, 0.717) is 38.4 Å². The van der Waals surface area contributed by atoms with Crippen molar-refractivity contribution < 1.29 is 18.0 Å². The molecule has 0 aromatic heterocycles. The lowest BCUT2D eigenvalue weighted by atomic mass is 10.2. The third kappa shape index (κ3) is 9.20. The number of hydrogen-bond donors (Lipinski definition) is 2. The van der Waals surface area contributed by atoms with Crippen molar-refractivity contribution in [3.63, 3.8) is 0 Å². The van der Waals surface area contributed by atoms with Gasteiger partial charge in [0.05, 0.1) is 6.54 Å². The molecule has 0 radical (unpaired) electrons. The predicted octanol–water partition coefficient (Wildman–Crippen LogP) is 2.98.